The van der Waals surface area contributed by atoms with E-state index in [0.717, 1.165) is 12.3 Å². The topological polar surface area (TPSA) is 23.8 Å². The Bertz CT molecular complexity index is 119. The summed E-state index contributed by atoms with van der Waals surface area (Å²) in [5.41, 5.74) is 0. The Morgan fingerprint density at radius 3 is 2.44 bits per heavy atom. The Morgan fingerprint density at radius 2 is 2.33 bits per heavy atom. The van der Waals surface area contributed by atoms with Gasteiger partial charge in [-0.1, -0.05) is 13.3 Å². The fourth-order valence-electron chi connectivity index (χ4n) is 1.37. The van der Waals surface area contributed by atoms with E-state index in [-0.39, 0.29) is 0 Å². The van der Waals surface area contributed by atoms with Gasteiger partial charge in [0, 0.05) is 5.92 Å². The van der Waals surface area contributed by atoms with Crippen LogP contribution >= 0.6 is 0 Å². The minimum atomic E-state index is 0.360. The highest BCUT2D eigenvalue weighted by Gasteiger charge is 2.25. The standard InChI is InChI=1S/C8H13N/c1-2-7(6-9)8-4-3-5-8/h7-8H,2-5H2,1H3. The van der Waals surface area contributed by atoms with Crippen LogP contribution in [0.15, 0.2) is 0 Å². The van der Waals surface area contributed by atoms with E-state index < -0.39 is 0 Å². The van der Waals surface area contributed by atoms with Crippen molar-refractivity contribution < 1.29 is 0 Å². The molecule has 0 amide bonds. The molecule has 1 aliphatic rings. The molecular formula is C8H13N. The summed E-state index contributed by atoms with van der Waals surface area (Å²) in [5, 5.41) is 8.61. The van der Waals surface area contributed by atoms with E-state index in [0.29, 0.717) is 5.92 Å². The SMILES string of the molecule is CCC(C#N)C1CCC1. The fraction of sp³-hybridized carbons (Fsp3) is 0.875. The highest BCUT2D eigenvalue weighted by Crippen LogP contribution is 2.34. The van der Waals surface area contributed by atoms with Crippen molar-refractivity contribution in [2.24, 2.45) is 11.8 Å². The average Bonchev–Trinajstić information content (AvgIpc) is 1.78. The van der Waals surface area contributed by atoms with E-state index in [1.54, 1.807) is 0 Å². The van der Waals surface area contributed by atoms with E-state index in [2.05, 4.69) is 13.0 Å². The van der Waals surface area contributed by atoms with Crippen molar-refractivity contribution >= 4 is 0 Å². The molecule has 0 saturated heterocycles. The van der Waals surface area contributed by atoms with Gasteiger partial charge in [-0.25, -0.2) is 0 Å². The lowest BCUT2D eigenvalue weighted by Gasteiger charge is -2.28. The molecule has 0 bridgehead atoms. The van der Waals surface area contributed by atoms with E-state index in [1.807, 2.05) is 0 Å². The first kappa shape index (κ1) is 6.61. The molecule has 1 unspecified atom stereocenters. The smallest absolute Gasteiger partial charge is 0.0658 e. The maximum absolute atomic E-state index is 8.61. The van der Waals surface area contributed by atoms with Crippen molar-refractivity contribution in [1.82, 2.24) is 0 Å². The number of rotatable bonds is 2. The van der Waals surface area contributed by atoms with Crippen LogP contribution < -0.4 is 0 Å². The Morgan fingerprint density at radius 1 is 1.67 bits per heavy atom. The van der Waals surface area contributed by atoms with Gasteiger partial charge in [0.15, 0.2) is 0 Å². The predicted molar refractivity (Wildman–Crippen MR) is 36.7 cm³/mol. The fourth-order valence-corrected chi connectivity index (χ4v) is 1.37. The summed E-state index contributed by atoms with van der Waals surface area (Å²) in [6.07, 6.45) is 4.99. The van der Waals surface area contributed by atoms with E-state index in [9.17, 15) is 0 Å². The third-order valence-corrected chi connectivity index (χ3v) is 2.32. The van der Waals surface area contributed by atoms with Crippen LogP contribution in [-0.4, -0.2) is 0 Å². The molecule has 9 heavy (non-hydrogen) atoms. The minimum Gasteiger partial charge on any atom is -0.198 e. The highest BCUT2D eigenvalue weighted by atomic mass is 14.3. The zero-order valence-corrected chi connectivity index (χ0v) is 5.93. The van der Waals surface area contributed by atoms with Crippen molar-refractivity contribution in [2.75, 3.05) is 0 Å². The third kappa shape index (κ3) is 1.24. The maximum atomic E-state index is 8.61. The zero-order valence-electron chi connectivity index (χ0n) is 5.93. The molecular weight excluding hydrogens is 110 g/mol. The minimum absolute atomic E-state index is 0.360. The first-order chi connectivity index (χ1) is 4.38. The second-order valence-electron chi connectivity index (χ2n) is 2.83. The molecule has 1 aliphatic carbocycles. The van der Waals surface area contributed by atoms with Gasteiger partial charge in [-0.15, -0.1) is 0 Å². The van der Waals surface area contributed by atoms with Gasteiger partial charge in [0.25, 0.3) is 0 Å². The monoisotopic (exact) mass is 123 g/mol. The Kier molecular flexibility index (Phi) is 2.10. The molecule has 0 aromatic rings. The molecule has 0 heterocycles. The molecule has 1 rings (SSSR count). The van der Waals surface area contributed by atoms with Crippen LogP contribution in [0, 0.1) is 23.2 Å². The van der Waals surface area contributed by atoms with Gasteiger partial charge >= 0.3 is 0 Å². The lowest BCUT2D eigenvalue weighted by atomic mass is 9.75. The van der Waals surface area contributed by atoms with Gasteiger partial charge in [-0.3, -0.25) is 0 Å². The van der Waals surface area contributed by atoms with Gasteiger partial charge in [0.2, 0.25) is 0 Å². The van der Waals surface area contributed by atoms with Crippen molar-refractivity contribution in [3.05, 3.63) is 0 Å². The maximum Gasteiger partial charge on any atom is 0.0658 e. The molecule has 1 nitrogen and oxygen atoms in total. The van der Waals surface area contributed by atoms with Gasteiger partial charge in [0.1, 0.15) is 0 Å². The molecule has 1 saturated carbocycles. The molecule has 1 atom stereocenters. The molecule has 0 aliphatic heterocycles. The lowest BCUT2D eigenvalue weighted by molar-refractivity contribution is 0.242. The molecule has 0 spiro atoms. The molecule has 50 valence electrons. The Hall–Kier alpha value is -0.510. The summed E-state index contributed by atoms with van der Waals surface area (Å²) in [5.74, 6) is 1.11. The van der Waals surface area contributed by atoms with Gasteiger partial charge < -0.3 is 0 Å². The van der Waals surface area contributed by atoms with Gasteiger partial charge in [-0.05, 0) is 25.2 Å². The largest absolute Gasteiger partial charge is 0.198 e. The summed E-state index contributed by atoms with van der Waals surface area (Å²) in [7, 11) is 0. The van der Waals surface area contributed by atoms with Crippen LogP contribution in [0.5, 0.6) is 0 Å². The summed E-state index contributed by atoms with van der Waals surface area (Å²) in [6, 6.07) is 2.35. The summed E-state index contributed by atoms with van der Waals surface area (Å²) in [6.45, 7) is 2.10. The number of nitrogens with zero attached hydrogens (tertiary/aromatic N) is 1. The van der Waals surface area contributed by atoms with Crippen molar-refractivity contribution in [3.8, 4) is 6.07 Å². The molecule has 0 radical (unpaired) electrons. The predicted octanol–water partition coefficient (Wildman–Crippen LogP) is 2.34. The van der Waals surface area contributed by atoms with Crippen LogP contribution in [0.2, 0.25) is 0 Å². The van der Waals surface area contributed by atoms with Crippen molar-refractivity contribution in [3.63, 3.8) is 0 Å². The van der Waals surface area contributed by atoms with Crippen LogP contribution in [0.25, 0.3) is 0 Å². The van der Waals surface area contributed by atoms with Crippen molar-refractivity contribution in [1.29, 1.82) is 5.26 Å². The molecule has 1 heteroatoms. The Labute approximate surface area is 56.7 Å². The van der Waals surface area contributed by atoms with Crippen LogP contribution in [0.4, 0.5) is 0 Å². The summed E-state index contributed by atoms with van der Waals surface area (Å²) >= 11 is 0. The number of hydrogen-bond donors (Lipinski definition) is 0. The van der Waals surface area contributed by atoms with E-state index >= 15 is 0 Å². The Balaban J connectivity index is 2.30. The summed E-state index contributed by atoms with van der Waals surface area (Å²) < 4.78 is 0. The lowest BCUT2D eigenvalue weighted by Crippen LogP contribution is -2.19. The van der Waals surface area contributed by atoms with Gasteiger partial charge in [-0.2, -0.15) is 5.26 Å². The molecule has 0 N–H and O–H groups in total. The van der Waals surface area contributed by atoms with Crippen molar-refractivity contribution in [2.45, 2.75) is 32.6 Å². The second kappa shape index (κ2) is 2.87. The zero-order chi connectivity index (χ0) is 6.69. The molecule has 1 fully saturated rings. The second-order valence-corrected chi connectivity index (χ2v) is 2.83. The average molecular weight is 123 g/mol. The van der Waals surface area contributed by atoms with Gasteiger partial charge in [0.05, 0.1) is 6.07 Å². The normalized spacial score (nSPS) is 22.2. The third-order valence-electron chi connectivity index (χ3n) is 2.32. The van der Waals surface area contributed by atoms with Crippen LogP contribution in [0.1, 0.15) is 32.6 Å². The molecule has 0 aromatic heterocycles. The molecule has 0 aromatic carbocycles. The number of hydrogen-bond acceptors (Lipinski definition) is 1. The van der Waals surface area contributed by atoms with Crippen LogP contribution in [0.3, 0.4) is 0 Å². The first-order valence-corrected chi connectivity index (χ1v) is 3.78. The quantitative estimate of drug-likeness (QED) is 0.553. The van der Waals surface area contributed by atoms with E-state index in [4.69, 9.17) is 5.26 Å². The van der Waals surface area contributed by atoms with E-state index in [1.165, 1.54) is 19.3 Å². The van der Waals surface area contributed by atoms with Crippen LogP contribution in [-0.2, 0) is 0 Å². The number of nitriles is 1. The summed E-state index contributed by atoms with van der Waals surface area (Å²) in [4.78, 5) is 0. The first-order valence-electron chi connectivity index (χ1n) is 3.78. The highest BCUT2D eigenvalue weighted by molar-refractivity contribution is 4.90.